The zero-order chi connectivity index (χ0) is 16.9. The minimum absolute atomic E-state index is 0.134. The van der Waals surface area contributed by atoms with Gasteiger partial charge in [0, 0.05) is 6.54 Å². The summed E-state index contributed by atoms with van der Waals surface area (Å²) in [5, 5.41) is 9.58. The van der Waals surface area contributed by atoms with Crippen LogP contribution in [0.15, 0.2) is 55.1 Å². The quantitative estimate of drug-likeness (QED) is 0.841. The predicted molar refractivity (Wildman–Crippen MR) is 87.0 cm³/mol. The Morgan fingerprint density at radius 2 is 2.12 bits per heavy atom. The van der Waals surface area contributed by atoms with E-state index in [1.54, 1.807) is 17.1 Å². The van der Waals surface area contributed by atoms with Gasteiger partial charge in [0.2, 0.25) is 5.91 Å². The molecule has 0 unspecified atom stereocenters. The van der Waals surface area contributed by atoms with Crippen LogP contribution in [0.3, 0.4) is 0 Å². The second-order valence-corrected chi connectivity index (χ2v) is 6.63. The van der Waals surface area contributed by atoms with Crippen LogP contribution in [0, 0.1) is 11.8 Å². The number of carboxylic acid groups (broad SMARTS) is 1. The van der Waals surface area contributed by atoms with Gasteiger partial charge in [0.05, 0.1) is 18.1 Å². The van der Waals surface area contributed by atoms with Gasteiger partial charge in [-0.25, -0.2) is 0 Å². The first-order valence-electron chi connectivity index (χ1n) is 8.14. The van der Waals surface area contributed by atoms with Crippen LogP contribution >= 0.6 is 0 Å². The van der Waals surface area contributed by atoms with E-state index in [4.69, 9.17) is 4.74 Å². The third-order valence-electron chi connectivity index (χ3n) is 5.40. The lowest BCUT2D eigenvalue weighted by Crippen LogP contribution is -2.44. The molecule has 5 atom stereocenters. The molecular formula is C19H19NO4. The Morgan fingerprint density at radius 3 is 2.79 bits per heavy atom. The van der Waals surface area contributed by atoms with Gasteiger partial charge in [0.1, 0.15) is 11.5 Å². The molecule has 1 N–H and O–H groups in total. The summed E-state index contributed by atoms with van der Waals surface area (Å²) in [6, 6.07) is 9.50. The van der Waals surface area contributed by atoms with E-state index in [2.05, 4.69) is 6.58 Å². The van der Waals surface area contributed by atoms with Crippen molar-refractivity contribution < 1.29 is 19.4 Å². The highest BCUT2D eigenvalue weighted by atomic mass is 16.5. The monoisotopic (exact) mass is 325 g/mol. The van der Waals surface area contributed by atoms with Crippen molar-refractivity contribution in [2.45, 2.75) is 30.7 Å². The van der Waals surface area contributed by atoms with Gasteiger partial charge < -0.3 is 14.7 Å². The first-order valence-corrected chi connectivity index (χ1v) is 8.14. The third-order valence-corrected chi connectivity index (χ3v) is 5.40. The van der Waals surface area contributed by atoms with Crippen LogP contribution in [0.1, 0.15) is 12.0 Å². The summed E-state index contributed by atoms with van der Waals surface area (Å²) in [7, 11) is 0. The summed E-state index contributed by atoms with van der Waals surface area (Å²) in [6.45, 7) is 4.25. The molecule has 2 bridgehead atoms. The highest BCUT2D eigenvalue weighted by Crippen LogP contribution is 2.55. The van der Waals surface area contributed by atoms with Crippen LogP contribution in [0.4, 0.5) is 0 Å². The van der Waals surface area contributed by atoms with Crippen LogP contribution in [0.5, 0.6) is 0 Å². The van der Waals surface area contributed by atoms with Crippen molar-refractivity contribution in [3.8, 4) is 0 Å². The van der Waals surface area contributed by atoms with Crippen molar-refractivity contribution in [2.75, 3.05) is 0 Å². The number of fused-ring (bicyclic) bond motifs is 1. The minimum Gasteiger partial charge on any atom is -0.481 e. The molecule has 5 heteroatoms. The molecule has 0 radical (unpaired) electrons. The first-order chi connectivity index (χ1) is 11.6. The molecule has 3 aliphatic rings. The maximum Gasteiger partial charge on any atom is 0.310 e. The van der Waals surface area contributed by atoms with Gasteiger partial charge in [-0.3, -0.25) is 9.59 Å². The van der Waals surface area contributed by atoms with Crippen molar-refractivity contribution in [2.24, 2.45) is 11.8 Å². The average molecular weight is 325 g/mol. The number of carbonyl (C=O) groups is 2. The number of aliphatic carboxylic acids is 1. The molecule has 1 aromatic carbocycles. The van der Waals surface area contributed by atoms with Crippen molar-refractivity contribution in [3.05, 3.63) is 60.7 Å². The van der Waals surface area contributed by atoms with Crippen LogP contribution in [-0.2, 0) is 20.9 Å². The van der Waals surface area contributed by atoms with E-state index in [0.717, 1.165) is 5.56 Å². The minimum atomic E-state index is -0.969. The van der Waals surface area contributed by atoms with Gasteiger partial charge in [-0.05, 0) is 12.0 Å². The Labute approximate surface area is 140 Å². The zero-order valence-corrected chi connectivity index (χ0v) is 13.2. The lowest BCUT2D eigenvalue weighted by molar-refractivity contribution is -0.148. The highest BCUT2D eigenvalue weighted by molar-refractivity contribution is 5.91. The molecule has 2 fully saturated rings. The van der Waals surface area contributed by atoms with Gasteiger partial charge in [-0.2, -0.15) is 0 Å². The third kappa shape index (κ3) is 1.91. The van der Waals surface area contributed by atoms with Crippen molar-refractivity contribution in [3.63, 3.8) is 0 Å². The average Bonchev–Trinajstić information content (AvgIpc) is 3.20. The molecule has 1 aromatic rings. The van der Waals surface area contributed by atoms with E-state index < -0.39 is 29.5 Å². The van der Waals surface area contributed by atoms with Crippen molar-refractivity contribution in [1.29, 1.82) is 0 Å². The summed E-state index contributed by atoms with van der Waals surface area (Å²) in [5.74, 6) is -2.57. The van der Waals surface area contributed by atoms with E-state index in [1.165, 1.54) is 0 Å². The molecule has 3 aliphatic heterocycles. The van der Waals surface area contributed by atoms with Gasteiger partial charge >= 0.3 is 5.97 Å². The topological polar surface area (TPSA) is 66.8 Å². The standard InChI is InChI=1S/C19H19NO4/c1-2-6-14-19-10-9-13(24-19)15(18(22)23)16(19)17(21)20(14)11-12-7-4-3-5-8-12/h2-5,7-10,13-16H,1,6,11H2,(H,22,23)/t13-,14+,15+,16+,19-/m1/s1. The van der Waals surface area contributed by atoms with E-state index in [0.29, 0.717) is 13.0 Å². The number of likely N-dealkylation sites (tertiary alicyclic amines) is 1. The number of hydrogen-bond acceptors (Lipinski definition) is 3. The first kappa shape index (κ1) is 15.1. The molecule has 0 aliphatic carbocycles. The number of benzene rings is 1. The number of nitrogens with zero attached hydrogens (tertiary/aromatic N) is 1. The van der Waals surface area contributed by atoms with Gasteiger partial charge in [0.25, 0.3) is 0 Å². The van der Waals surface area contributed by atoms with Crippen LogP contribution in [-0.4, -0.2) is 39.6 Å². The lowest BCUT2D eigenvalue weighted by Gasteiger charge is -2.32. The number of amides is 1. The molecule has 1 spiro atoms. The molecule has 3 heterocycles. The molecule has 124 valence electrons. The van der Waals surface area contributed by atoms with Gasteiger partial charge in [-0.15, -0.1) is 6.58 Å². The normalized spacial score (nSPS) is 36.2. The Hall–Kier alpha value is -2.40. The number of carbonyl (C=O) groups excluding carboxylic acids is 1. The summed E-state index contributed by atoms with van der Waals surface area (Å²) in [6.07, 6.45) is 5.52. The number of hydrogen-bond donors (Lipinski definition) is 1. The summed E-state index contributed by atoms with van der Waals surface area (Å²) in [4.78, 5) is 26.6. The molecule has 0 saturated carbocycles. The Balaban J connectivity index is 1.73. The zero-order valence-electron chi connectivity index (χ0n) is 13.2. The molecule has 4 rings (SSSR count). The maximum absolute atomic E-state index is 13.1. The largest absolute Gasteiger partial charge is 0.481 e. The van der Waals surface area contributed by atoms with Crippen LogP contribution < -0.4 is 0 Å². The second-order valence-electron chi connectivity index (χ2n) is 6.63. The Morgan fingerprint density at radius 1 is 1.38 bits per heavy atom. The Bertz CT molecular complexity index is 728. The molecule has 2 saturated heterocycles. The smallest absolute Gasteiger partial charge is 0.310 e. The van der Waals surface area contributed by atoms with Crippen molar-refractivity contribution >= 4 is 11.9 Å². The molecular weight excluding hydrogens is 306 g/mol. The Kier molecular flexibility index (Phi) is 3.35. The number of carboxylic acids is 1. The summed E-state index contributed by atoms with van der Waals surface area (Å²) < 4.78 is 6.06. The van der Waals surface area contributed by atoms with E-state index in [9.17, 15) is 14.7 Å². The highest BCUT2D eigenvalue weighted by Gasteiger charge is 2.70. The van der Waals surface area contributed by atoms with Gasteiger partial charge in [0.15, 0.2) is 0 Å². The van der Waals surface area contributed by atoms with E-state index in [-0.39, 0.29) is 11.9 Å². The van der Waals surface area contributed by atoms with Crippen molar-refractivity contribution in [1.82, 2.24) is 4.90 Å². The number of ether oxygens (including phenoxy) is 1. The fourth-order valence-corrected chi connectivity index (χ4v) is 4.44. The molecule has 0 aromatic heterocycles. The fourth-order valence-electron chi connectivity index (χ4n) is 4.44. The number of rotatable bonds is 5. The maximum atomic E-state index is 13.1. The van der Waals surface area contributed by atoms with Gasteiger partial charge in [-0.1, -0.05) is 48.6 Å². The van der Waals surface area contributed by atoms with E-state index >= 15 is 0 Å². The summed E-state index contributed by atoms with van der Waals surface area (Å²) in [5.41, 5.74) is 0.176. The van der Waals surface area contributed by atoms with E-state index in [1.807, 2.05) is 36.4 Å². The fraction of sp³-hybridized carbons (Fsp3) is 0.368. The molecule has 24 heavy (non-hydrogen) atoms. The molecule has 1 amide bonds. The molecule has 5 nitrogen and oxygen atoms in total. The lowest BCUT2D eigenvalue weighted by atomic mass is 9.74. The second kappa shape index (κ2) is 5.31. The predicted octanol–water partition coefficient (Wildman–Crippen LogP) is 2.00. The summed E-state index contributed by atoms with van der Waals surface area (Å²) >= 11 is 0. The SMILES string of the molecule is C=CC[C@@H]1N(Cc2ccccc2)C(=O)[C@@H]2[C@@H](C(=O)O)[C@H]3C=C[C@]21O3. The van der Waals surface area contributed by atoms with Crippen LogP contribution in [0.2, 0.25) is 0 Å². The van der Waals surface area contributed by atoms with Crippen LogP contribution in [0.25, 0.3) is 0 Å².